The predicted octanol–water partition coefficient (Wildman–Crippen LogP) is 2.95. The third-order valence-corrected chi connectivity index (χ3v) is 3.78. The maximum Gasteiger partial charge on any atom is 0.0628 e. The van der Waals surface area contributed by atoms with Crippen molar-refractivity contribution >= 4 is 0 Å². The van der Waals surface area contributed by atoms with Gasteiger partial charge in [-0.3, -0.25) is 4.68 Å². The maximum absolute atomic E-state index is 10.1. The fraction of sp³-hybridized carbons (Fsp3) is 0.786. The van der Waals surface area contributed by atoms with Gasteiger partial charge in [0, 0.05) is 12.2 Å². The molecular formula is C14H24N2O. The van der Waals surface area contributed by atoms with E-state index >= 15 is 0 Å². The summed E-state index contributed by atoms with van der Waals surface area (Å²) in [6.07, 6.45) is 8.68. The third-order valence-electron chi connectivity index (χ3n) is 3.78. The lowest BCUT2D eigenvalue weighted by Crippen LogP contribution is -2.21. The maximum atomic E-state index is 10.1. The van der Waals surface area contributed by atoms with Gasteiger partial charge in [0.1, 0.15) is 0 Å². The summed E-state index contributed by atoms with van der Waals surface area (Å²) in [5.41, 5.74) is 1.13. The van der Waals surface area contributed by atoms with E-state index in [1.165, 1.54) is 19.3 Å². The predicted molar refractivity (Wildman–Crippen MR) is 68.9 cm³/mol. The van der Waals surface area contributed by atoms with E-state index in [0.717, 1.165) is 25.0 Å². The van der Waals surface area contributed by atoms with E-state index in [1.807, 2.05) is 10.9 Å². The lowest BCUT2D eigenvalue weighted by atomic mass is 9.92. The first-order chi connectivity index (χ1) is 8.16. The Balaban J connectivity index is 1.98. The zero-order valence-electron chi connectivity index (χ0n) is 11.0. The summed E-state index contributed by atoms with van der Waals surface area (Å²) in [7, 11) is 0. The van der Waals surface area contributed by atoms with Crippen LogP contribution in [0.1, 0.15) is 57.7 Å². The lowest BCUT2D eigenvalue weighted by molar-refractivity contribution is 0.1000. The summed E-state index contributed by atoms with van der Waals surface area (Å²) in [6.45, 7) is 4.27. The van der Waals surface area contributed by atoms with Crippen LogP contribution in [0.15, 0.2) is 12.3 Å². The zero-order chi connectivity index (χ0) is 12.3. The van der Waals surface area contributed by atoms with Crippen LogP contribution in [0.5, 0.6) is 0 Å². The normalized spacial score (nSPS) is 26.1. The van der Waals surface area contributed by atoms with Crippen LogP contribution >= 0.6 is 0 Å². The summed E-state index contributed by atoms with van der Waals surface area (Å²) in [5.74, 6) is 0.410. The third kappa shape index (κ3) is 3.32. The van der Waals surface area contributed by atoms with E-state index in [0.29, 0.717) is 12.0 Å². The van der Waals surface area contributed by atoms with E-state index < -0.39 is 0 Å². The van der Waals surface area contributed by atoms with Crippen LogP contribution in [-0.4, -0.2) is 21.0 Å². The number of hydrogen-bond donors (Lipinski definition) is 1. The van der Waals surface area contributed by atoms with Gasteiger partial charge in [0.2, 0.25) is 0 Å². The van der Waals surface area contributed by atoms with E-state index in [-0.39, 0.29) is 6.10 Å². The van der Waals surface area contributed by atoms with Crippen molar-refractivity contribution in [3.05, 3.63) is 18.0 Å². The van der Waals surface area contributed by atoms with Gasteiger partial charge in [0.05, 0.1) is 11.8 Å². The first kappa shape index (κ1) is 12.6. The highest BCUT2D eigenvalue weighted by molar-refractivity contribution is 5.01. The second kappa shape index (κ2) is 5.67. The van der Waals surface area contributed by atoms with Crippen molar-refractivity contribution in [1.82, 2.24) is 9.78 Å². The van der Waals surface area contributed by atoms with Crippen molar-refractivity contribution in [2.45, 2.75) is 64.5 Å². The molecule has 96 valence electrons. The van der Waals surface area contributed by atoms with Crippen LogP contribution in [-0.2, 0) is 6.42 Å². The van der Waals surface area contributed by atoms with Gasteiger partial charge in [-0.1, -0.05) is 19.3 Å². The largest absolute Gasteiger partial charge is 0.393 e. The SMILES string of the molecule is CC(C)n1ccc(CC2CCCCCC2O)n1. The van der Waals surface area contributed by atoms with Crippen molar-refractivity contribution in [3.63, 3.8) is 0 Å². The highest BCUT2D eigenvalue weighted by Gasteiger charge is 2.22. The molecule has 2 atom stereocenters. The molecule has 0 spiro atoms. The Morgan fingerprint density at radius 3 is 2.82 bits per heavy atom. The summed E-state index contributed by atoms with van der Waals surface area (Å²) < 4.78 is 2.00. The second-order valence-corrected chi connectivity index (χ2v) is 5.55. The van der Waals surface area contributed by atoms with Gasteiger partial charge >= 0.3 is 0 Å². The molecule has 0 aliphatic heterocycles. The van der Waals surface area contributed by atoms with Gasteiger partial charge in [-0.15, -0.1) is 0 Å². The molecule has 1 saturated carbocycles. The van der Waals surface area contributed by atoms with Crippen molar-refractivity contribution in [2.24, 2.45) is 5.92 Å². The van der Waals surface area contributed by atoms with Gasteiger partial charge in [-0.25, -0.2) is 0 Å². The van der Waals surface area contributed by atoms with Crippen LogP contribution in [0, 0.1) is 5.92 Å². The lowest BCUT2D eigenvalue weighted by Gasteiger charge is -2.19. The minimum Gasteiger partial charge on any atom is -0.393 e. The quantitative estimate of drug-likeness (QED) is 0.819. The van der Waals surface area contributed by atoms with Crippen LogP contribution in [0.4, 0.5) is 0 Å². The highest BCUT2D eigenvalue weighted by atomic mass is 16.3. The van der Waals surface area contributed by atoms with E-state index in [1.54, 1.807) is 0 Å². The van der Waals surface area contributed by atoms with Crippen molar-refractivity contribution in [3.8, 4) is 0 Å². The molecule has 0 saturated heterocycles. The number of rotatable bonds is 3. The molecule has 0 aromatic carbocycles. The summed E-state index contributed by atoms with van der Waals surface area (Å²) >= 11 is 0. The molecule has 0 amide bonds. The van der Waals surface area contributed by atoms with Gasteiger partial charge in [0.25, 0.3) is 0 Å². The molecule has 1 aromatic rings. The molecule has 1 N–H and O–H groups in total. The van der Waals surface area contributed by atoms with Crippen LogP contribution in [0.25, 0.3) is 0 Å². The number of hydrogen-bond acceptors (Lipinski definition) is 2. The molecule has 1 fully saturated rings. The Morgan fingerprint density at radius 2 is 2.12 bits per heavy atom. The molecule has 1 aromatic heterocycles. The van der Waals surface area contributed by atoms with Crippen LogP contribution in [0.3, 0.4) is 0 Å². The molecule has 2 rings (SSSR count). The number of aliphatic hydroxyl groups is 1. The fourth-order valence-corrected chi connectivity index (χ4v) is 2.65. The standard InChI is InChI=1S/C14H24N2O/c1-11(2)16-9-8-13(15-16)10-12-6-4-3-5-7-14(12)17/h8-9,11-12,14,17H,3-7,10H2,1-2H3. The summed E-state index contributed by atoms with van der Waals surface area (Å²) in [5, 5.41) is 14.7. The van der Waals surface area contributed by atoms with Gasteiger partial charge < -0.3 is 5.11 Å². The van der Waals surface area contributed by atoms with Crippen molar-refractivity contribution < 1.29 is 5.11 Å². The van der Waals surface area contributed by atoms with E-state index in [9.17, 15) is 5.11 Å². The van der Waals surface area contributed by atoms with Gasteiger partial charge in [-0.05, 0) is 45.1 Å². The van der Waals surface area contributed by atoms with Gasteiger partial charge in [0.15, 0.2) is 0 Å². The summed E-state index contributed by atoms with van der Waals surface area (Å²) in [6, 6.07) is 2.51. The molecule has 1 heterocycles. The molecule has 1 aliphatic carbocycles. The Hall–Kier alpha value is -0.830. The minimum atomic E-state index is -0.123. The van der Waals surface area contributed by atoms with Crippen molar-refractivity contribution in [1.29, 1.82) is 0 Å². The number of aliphatic hydroxyl groups excluding tert-OH is 1. The molecule has 0 bridgehead atoms. The first-order valence-corrected chi connectivity index (χ1v) is 6.89. The monoisotopic (exact) mass is 236 g/mol. The smallest absolute Gasteiger partial charge is 0.0628 e. The molecular weight excluding hydrogens is 212 g/mol. The Labute approximate surface area is 104 Å². The van der Waals surface area contributed by atoms with E-state index in [2.05, 4.69) is 25.0 Å². The molecule has 0 radical (unpaired) electrons. The van der Waals surface area contributed by atoms with E-state index in [4.69, 9.17) is 0 Å². The fourth-order valence-electron chi connectivity index (χ4n) is 2.65. The number of aromatic nitrogens is 2. The summed E-state index contributed by atoms with van der Waals surface area (Å²) in [4.78, 5) is 0. The number of nitrogens with zero attached hydrogens (tertiary/aromatic N) is 2. The molecule has 3 heteroatoms. The molecule has 3 nitrogen and oxygen atoms in total. The van der Waals surface area contributed by atoms with Crippen LogP contribution in [0.2, 0.25) is 0 Å². The Morgan fingerprint density at radius 1 is 1.35 bits per heavy atom. The highest BCUT2D eigenvalue weighted by Crippen LogP contribution is 2.26. The average Bonchev–Trinajstić information content (AvgIpc) is 2.66. The zero-order valence-corrected chi connectivity index (χ0v) is 11.0. The molecule has 2 unspecified atom stereocenters. The average molecular weight is 236 g/mol. The van der Waals surface area contributed by atoms with Gasteiger partial charge in [-0.2, -0.15) is 5.10 Å². The Kier molecular flexibility index (Phi) is 4.21. The molecule has 1 aliphatic rings. The van der Waals surface area contributed by atoms with Crippen LogP contribution < -0.4 is 0 Å². The topological polar surface area (TPSA) is 38.0 Å². The Bertz CT molecular complexity index is 346. The van der Waals surface area contributed by atoms with Crippen molar-refractivity contribution in [2.75, 3.05) is 0 Å². The first-order valence-electron chi connectivity index (χ1n) is 6.89. The second-order valence-electron chi connectivity index (χ2n) is 5.55. The molecule has 17 heavy (non-hydrogen) atoms. The minimum absolute atomic E-state index is 0.123.